The molecule has 6 heteroatoms. The number of amides is 1. The van der Waals surface area contributed by atoms with Crippen molar-refractivity contribution in [2.45, 2.75) is 45.3 Å². The monoisotopic (exact) mass is 453 g/mol. The van der Waals surface area contributed by atoms with Crippen LogP contribution >= 0.6 is 0 Å². The van der Waals surface area contributed by atoms with Crippen LogP contribution in [-0.4, -0.2) is 5.91 Å². The summed E-state index contributed by atoms with van der Waals surface area (Å²) in [4.78, 5) is 12.8. The van der Waals surface area contributed by atoms with Crippen LogP contribution in [-0.2, 0) is 12.6 Å². The highest BCUT2D eigenvalue weighted by atomic mass is 19.4. The number of rotatable bonds is 8. The average Bonchev–Trinajstić information content (AvgIpc) is 2.78. The highest BCUT2D eigenvalue weighted by molar-refractivity contribution is 5.94. The van der Waals surface area contributed by atoms with E-state index in [0.29, 0.717) is 17.5 Å². The van der Waals surface area contributed by atoms with E-state index < -0.39 is 17.8 Å². The number of nitrogens with zero attached hydrogens (tertiary/aromatic N) is 1. The van der Waals surface area contributed by atoms with Gasteiger partial charge in [0.2, 0.25) is 0 Å². The van der Waals surface area contributed by atoms with E-state index >= 15 is 0 Å². The predicted octanol–water partition coefficient (Wildman–Crippen LogP) is 6.75. The summed E-state index contributed by atoms with van der Waals surface area (Å²) >= 11 is 0. The minimum atomic E-state index is -4.39. The molecule has 0 saturated heterocycles. The second kappa shape index (κ2) is 11.1. The fourth-order valence-electron chi connectivity index (χ4n) is 3.77. The third kappa shape index (κ3) is 7.75. The normalized spacial score (nSPS) is 12.5. The Morgan fingerprint density at radius 2 is 1.39 bits per heavy atom. The summed E-state index contributed by atoms with van der Waals surface area (Å²) in [6, 6.07) is 23.7. The second-order valence-electron chi connectivity index (χ2n) is 8.87. The van der Waals surface area contributed by atoms with Gasteiger partial charge in [-0.3, -0.25) is 4.79 Å². The van der Waals surface area contributed by atoms with Crippen molar-refractivity contribution in [1.82, 2.24) is 11.5 Å². The van der Waals surface area contributed by atoms with Crippen molar-refractivity contribution >= 4 is 5.91 Å². The Morgan fingerprint density at radius 3 is 1.94 bits per heavy atom. The average molecular weight is 454 g/mol. The quantitative estimate of drug-likeness (QED) is 0.403. The number of halogens is 3. The fraction of sp³-hybridized carbons (Fsp3) is 0.296. The Morgan fingerprint density at radius 1 is 0.848 bits per heavy atom. The zero-order chi connectivity index (χ0) is 23.2. The van der Waals surface area contributed by atoms with Crippen LogP contribution in [0, 0.1) is 5.41 Å². The molecule has 3 aromatic rings. The minimum Gasteiger partial charge on any atom is -0.345 e. The van der Waals surface area contributed by atoms with E-state index in [0.717, 1.165) is 25.0 Å². The summed E-state index contributed by atoms with van der Waals surface area (Å²) in [7, 11) is 0. The number of nitrogens with one attached hydrogen (secondary N) is 1. The van der Waals surface area contributed by atoms with Gasteiger partial charge in [-0.25, -0.2) is 0 Å². The van der Waals surface area contributed by atoms with Crippen LogP contribution in [0.15, 0.2) is 84.9 Å². The fourth-order valence-corrected chi connectivity index (χ4v) is 3.77. The van der Waals surface area contributed by atoms with E-state index in [4.69, 9.17) is 0 Å². The molecule has 3 radical (unpaired) electrons. The zero-order valence-corrected chi connectivity index (χ0v) is 18.8. The number of benzene rings is 3. The Bertz CT molecular complexity index is 1000. The number of hydrogen-bond donors (Lipinski definition) is 1. The van der Waals surface area contributed by atoms with Crippen LogP contribution in [0.5, 0.6) is 0 Å². The second-order valence-corrected chi connectivity index (χ2v) is 8.87. The molecule has 3 rings (SSSR count). The molecule has 0 bridgehead atoms. The molecule has 0 heterocycles. The van der Waals surface area contributed by atoms with Crippen molar-refractivity contribution in [2.24, 2.45) is 5.41 Å². The van der Waals surface area contributed by atoms with Crippen LogP contribution in [0.25, 0.3) is 0 Å². The van der Waals surface area contributed by atoms with E-state index in [1.807, 2.05) is 24.3 Å². The minimum absolute atomic E-state index is 0. The van der Waals surface area contributed by atoms with Crippen LogP contribution in [0.1, 0.15) is 59.8 Å². The van der Waals surface area contributed by atoms with Crippen LogP contribution < -0.4 is 11.5 Å². The lowest BCUT2D eigenvalue weighted by Crippen LogP contribution is -2.32. The number of carbonyl (C=O) groups excluding carboxylic acids is 1. The molecule has 0 fully saturated rings. The molecule has 0 spiro atoms. The van der Waals surface area contributed by atoms with Crippen LogP contribution in [0.2, 0.25) is 0 Å². The van der Waals surface area contributed by atoms with Gasteiger partial charge in [0.1, 0.15) is 0 Å². The number of aryl methyl sites for hydroxylation is 1. The summed E-state index contributed by atoms with van der Waals surface area (Å²) in [5.41, 5.74) is 1.58. The Hall–Kier alpha value is -3.12. The van der Waals surface area contributed by atoms with Crippen molar-refractivity contribution < 1.29 is 18.0 Å². The summed E-state index contributed by atoms with van der Waals surface area (Å²) < 4.78 is 39.0. The molecular formula is C27H28F3N2O. The first kappa shape index (κ1) is 26.1. The van der Waals surface area contributed by atoms with Gasteiger partial charge >= 0.3 is 6.18 Å². The molecule has 0 aromatic heterocycles. The summed E-state index contributed by atoms with van der Waals surface area (Å²) in [6.45, 7) is 4.25. The van der Waals surface area contributed by atoms with Gasteiger partial charge < -0.3 is 5.32 Å². The summed E-state index contributed by atoms with van der Waals surface area (Å²) in [6.07, 6.45) is -2.02. The summed E-state index contributed by atoms with van der Waals surface area (Å²) in [5, 5.41) is 3.04. The van der Waals surface area contributed by atoms with Gasteiger partial charge in [-0.15, -0.1) is 0 Å². The molecule has 0 aliphatic rings. The van der Waals surface area contributed by atoms with E-state index in [2.05, 4.69) is 31.3 Å². The number of alkyl halides is 3. The summed E-state index contributed by atoms with van der Waals surface area (Å²) in [5.74, 6) is -0.241. The van der Waals surface area contributed by atoms with E-state index in [1.165, 1.54) is 17.7 Å². The zero-order valence-electron chi connectivity index (χ0n) is 18.8. The molecule has 33 heavy (non-hydrogen) atoms. The maximum atomic E-state index is 13.0. The molecule has 0 saturated carbocycles. The third-order valence-corrected chi connectivity index (χ3v) is 5.67. The van der Waals surface area contributed by atoms with Crippen LogP contribution in [0.3, 0.4) is 0 Å². The molecule has 173 valence electrons. The lowest BCUT2D eigenvalue weighted by atomic mass is 9.79. The molecule has 1 atom stereocenters. The SMILES string of the molecule is CC(C)(CCc1ccccc1)CC(NC(=O)c1ccccc1)c1ccc(C(F)(F)F)cc1.[N]. The molecule has 0 aliphatic heterocycles. The molecule has 3 aromatic carbocycles. The van der Waals surface area contributed by atoms with Gasteiger partial charge in [-0.1, -0.05) is 74.5 Å². The molecule has 0 aliphatic carbocycles. The van der Waals surface area contributed by atoms with E-state index in [-0.39, 0.29) is 17.5 Å². The first-order valence-electron chi connectivity index (χ1n) is 10.7. The Labute approximate surface area is 193 Å². The lowest BCUT2D eigenvalue weighted by molar-refractivity contribution is -0.137. The van der Waals surface area contributed by atoms with E-state index in [1.54, 1.807) is 24.3 Å². The first-order chi connectivity index (χ1) is 15.1. The van der Waals surface area contributed by atoms with Gasteiger partial charge in [-0.05, 0) is 60.1 Å². The number of carbonyl (C=O) groups is 1. The van der Waals surface area contributed by atoms with Gasteiger partial charge in [-0.2, -0.15) is 13.2 Å². The predicted molar refractivity (Wildman–Crippen MR) is 123 cm³/mol. The highest BCUT2D eigenvalue weighted by Gasteiger charge is 2.31. The molecule has 1 N–H and O–H groups in total. The molecule has 1 amide bonds. The van der Waals surface area contributed by atoms with Gasteiger partial charge in [0.25, 0.3) is 5.91 Å². The van der Waals surface area contributed by atoms with Crippen molar-refractivity contribution in [1.29, 1.82) is 0 Å². The van der Waals surface area contributed by atoms with Gasteiger partial charge in [0.05, 0.1) is 11.6 Å². The van der Waals surface area contributed by atoms with Crippen molar-refractivity contribution in [3.05, 3.63) is 107 Å². The smallest absolute Gasteiger partial charge is 0.345 e. The van der Waals surface area contributed by atoms with Crippen molar-refractivity contribution in [2.75, 3.05) is 0 Å². The Kier molecular flexibility index (Phi) is 8.83. The third-order valence-electron chi connectivity index (χ3n) is 5.67. The van der Waals surface area contributed by atoms with Crippen molar-refractivity contribution in [3.63, 3.8) is 0 Å². The van der Waals surface area contributed by atoms with Crippen LogP contribution in [0.4, 0.5) is 13.2 Å². The Balaban J connectivity index is 0.00000385. The maximum Gasteiger partial charge on any atom is 0.416 e. The lowest BCUT2D eigenvalue weighted by Gasteiger charge is -2.31. The van der Waals surface area contributed by atoms with E-state index in [9.17, 15) is 18.0 Å². The van der Waals surface area contributed by atoms with Gasteiger partial charge in [0, 0.05) is 11.7 Å². The molecular weight excluding hydrogens is 425 g/mol. The molecule has 1 unspecified atom stereocenters. The maximum absolute atomic E-state index is 13.0. The number of hydrogen-bond acceptors (Lipinski definition) is 1. The highest BCUT2D eigenvalue weighted by Crippen LogP contribution is 2.36. The largest absolute Gasteiger partial charge is 0.416 e. The molecule has 3 nitrogen and oxygen atoms in total. The first-order valence-corrected chi connectivity index (χ1v) is 10.7. The van der Waals surface area contributed by atoms with Gasteiger partial charge in [0.15, 0.2) is 0 Å². The standard InChI is InChI=1S/C27H28F3NO.N/c1-26(2,18-17-20-9-5-3-6-10-20)19-24(31-25(32)22-11-7-4-8-12-22)21-13-15-23(16-14-21)27(28,29)30;/h3-16,24H,17-19H2,1-2H3,(H,31,32);. The van der Waals surface area contributed by atoms with Crippen molar-refractivity contribution in [3.8, 4) is 0 Å². The topological polar surface area (TPSA) is 59.6 Å².